The number of carbonyl (C=O) groups excluding carboxylic acids is 5. The Hall–Kier alpha value is -9.45. The van der Waals surface area contributed by atoms with Crippen molar-refractivity contribution in [2.24, 2.45) is 58.2 Å². The highest BCUT2D eigenvalue weighted by atomic mass is 16.3. The Kier molecular flexibility index (Phi) is 26.5. The van der Waals surface area contributed by atoms with Gasteiger partial charge < -0.3 is 107 Å². The lowest BCUT2D eigenvalue weighted by atomic mass is 9.85. The molecule has 0 bridgehead atoms. The molecule has 0 radical (unpaired) electrons. The molecule has 640 valence electrons. The number of nitrogens with zero attached hydrogens (tertiary/aromatic N) is 10. The quantitative estimate of drug-likeness (QED) is 0.0346. The second-order valence-electron chi connectivity index (χ2n) is 34.4. The van der Waals surface area contributed by atoms with E-state index in [9.17, 15) is 49.5 Å². The number of primary amides is 5. The fourth-order valence-electron chi connectivity index (χ4n) is 11.3. The van der Waals surface area contributed by atoms with E-state index >= 15 is 0 Å². The second kappa shape index (κ2) is 40.9. The molecule has 5 amide bonds. The Morgan fingerprint density at radius 1 is 0.365 bits per heavy atom. The number of amides is 5. The lowest BCUT2D eigenvalue weighted by Crippen LogP contribution is -2.36. The lowest BCUT2D eigenvalue weighted by molar-refractivity contribution is 0.0737. The summed E-state index contributed by atoms with van der Waals surface area (Å²) >= 11 is 0. The zero-order chi connectivity index (χ0) is 98.5. The summed E-state index contributed by atoms with van der Waals surface area (Å²) in [6.45, 7) is 37.2. The van der Waals surface area contributed by atoms with Crippen molar-refractivity contribution >= 4 is 88.4 Å². The van der Waals surface area contributed by atoms with E-state index in [4.69, 9.17) is 47.9 Å². The van der Waals surface area contributed by atoms with Crippen molar-refractivity contribution in [2.45, 2.75) is 323 Å². The van der Waals surface area contributed by atoms with E-state index in [1.54, 1.807) is 20.8 Å². The molecule has 0 aliphatic heterocycles. The van der Waals surface area contributed by atoms with Crippen LogP contribution in [0.3, 0.4) is 0 Å². The summed E-state index contributed by atoms with van der Waals surface area (Å²) in [6.07, 6.45) is -8.82. The van der Waals surface area contributed by atoms with E-state index in [1.807, 2.05) is 111 Å². The van der Waals surface area contributed by atoms with Crippen LogP contribution in [0.25, 0.3) is 0 Å². The van der Waals surface area contributed by atoms with E-state index in [0.717, 1.165) is 0 Å². The van der Waals surface area contributed by atoms with E-state index in [1.165, 1.54) is 37.9 Å². The van der Waals surface area contributed by atoms with Gasteiger partial charge in [-0.3, -0.25) is 24.0 Å². The van der Waals surface area contributed by atoms with Crippen LogP contribution >= 0.6 is 0 Å². The minimum Gasteiger partial charge on any atom is -0.393 e. The molecule has 20 atom stereocenters. The molecular formula is C80H135N25O10. The van der Waals surface area contributed by atoms with Gasteiger partial charge in [-0.05, 0) is 229 Å². The second-order valence-corrected chi connectivity index (χ2v) is 34.4. The van der Waals surface area contributed by atoms with E-state index in [2.05, 4.69) is 103 Å². The molecule has 5 aromatic rings. The van der Waals surface area contributed by atoms with Crippen LogP contribution in [0.4, 0.5) is 58.8 Å². The summed E-state index contributed by atoms with van der Waals surface area (Å²) in [4.78, 5) is 100. The number of nitrogens with one attached hydrogen (secondary N) is 10. The van der Waals surface area contributed by atoms with Crippen LogP contribution < -0.4 is 81.8 Å². The highest BCUT2D eigenvalue weighted by Crippen LogP contribution is 2.34. The number of hydrogen-bond donors (Lipinski definition) is 20. The van der Waals surface area contributed by atoms with Gasteiger partial charge in [0.1, 0.15) is 29.1 Å². The molecule has 5 aliphatic carbocycles. The molecule has 25 N–H and O–H groups in total. The van der Waals surface area contributed by atoms with Crippen LogP contribution in [-0.4, -0.2) is 193 Å². The Morgan fingerprint density at radius 2 is 0.678 bits per heavy atom. The van der Waals surface area contributed by atoms with Gasteiger partial charge in [0.25, 0.3) is 29.5 Å². The first kappa shape index (κ1) is 74.4. The summed E-state index contributed by atoms with van der Waals surface area (Å²) in [5.74, 6) is -4.92. The Morgan fingerprint density at radius 3 is 1.03 bits per heavy atom. The molecule has 0 saturated heterocycles. The van der Waals surface area contributed by atoms with Crippen molar-refractivity contribution in [1.82, 2.24) is 49.8 Å². The standard InChI is InChI=1S/5C16H27N5O2/c5*1-9-5-6-10(7-12(9)22)19-14-11(13(17)23)8-18-15(20-14)21-16(2,3)4/h5*8-10,12,22H,5-7H2,1-4H3,(H2,17,23)(H2,18,19,20,21)/i9D,10D,12D;5D,6D,7D2;5D,6D,7D;6D2;5D2. The summed E-state index contributed by atoms with van der Waals surface area (Å²) in [5.41, 5.74) is 25.6. The zero-order valence-corrected chi connectivity index (χ0v) is 69.8. The number of anilines is 10. The predicted octanol–water partition coefficient (Wildman–Crippen LogP) is 8.74. The molecule has 35 heteroatoms. The minimum absolute atomic E-state index is 0.0174. The SMILES string of the molecule is [2H]C1(Nc2nc(NC(C)(C)C)ncc2C(N)=O)CCC([2H])(C)C([2H])(O)C1.[2H]C1([2H])CC(C)C(O)CC1Nc1nc(NC(C)(C)C)ncc1C(N)=O.[2H]C1([2H])CC(Nc2nc(NC(C)(C)C)ncc2C(N)=O)CC(O)C1C.[2H]C1C([2H])C(Nc2nc(NC(C)(C)C)ncc2C(N)=O)C([2H])([2H])C(O)C1C.[2H]C1C([2H])C(Nc2nc(NC(C)(C)C)ncc2C(N)=O)C([2H])C(O)C1C. The normalized spacial score (nSPS) is 33.2. The first-order chi connectivity index (χ1) is 58.6. The molecule has 0 spiro atoms. The molecule has 5 fully saturated rings. The molecule has 10 rings (SSSR count). The van der Waals surface area contributed by atoms with Gasteiger partial charge in [-0.25, -0.2) is 24.9 Å². The van der Waals surface area contributed by atoms with Gasteiger partial charge in [0.2, 0.25) is 29.7 Å². The van der Waals surface area contributed by atoms with Gasteiger partial charge in [-0.2, -0.15) is 24.9 Å². The third-order valence-corrected chi connectivity index (χ3v) is 17.6. The Bertz CT molecular complexity index is 4700. The predicted molar refractivity (Wildman–Crippen MR) is 452 cm³/mol. The zero-order valence-electron chi connectivity index (χ0n) is 83.8. The van der Waals surface area contributed by atoms with Gasteiger partial charge in [0.05, 0.1) is 61.1 Å². The maximum atomic E-state index is 11.7. The maximum Gasteiger partial charge on any atom is 0.254 e. The summed E-state index contributed by atoms with van der Waals surface area (Å²) in [6, 6.07) is -4.65. The van der Waals surface area contributed by atoms with Crippen molar-refractivity contribution in [1.29, 1.82) is 0 Å². The monoisotopic (exact) mass is 1620 g/mol. The van der Waals surface area contributed by atoms with Crippen LogP contribution in [-0.2, 0) is 0 Å². The summed E-state index contributed by atoms with van der Waals surface area (Å²) in [5, 5.41) is 80.9. The highest BCUT2D eigenvalue weighted by molar-refractivity contribution is 6.00. The molecule has 5 saturated carbocycles. The van der Waals surface area contributed by atoms with Crippen molar-refractivity contribution in [3.63, 3.8) is 0 Å². The van der Waals surface area contributed by atoms with Crippen molar-refractivity contribution < 1.29 is 68.7 Å². The lowest BCUT2D eigenvalue weighted by Gasteiger charge is -2.32. The van der Waals surface area contributed by atoms with E-state index in [0.29, 0.717) is 18.3 Å². The number of aliphatic hydroxyl groups is 5. The average Bonchev–Trinajstić information content (AvgIpc) is 0.753. The van der Waals surface area contributed by atoms with Crippen molar-refractivity contribution in [3.8, 4) is 0 Å². The molecule has 115 heavy (non-hydrogen) atoms. The van der Waals surface area contributed by atoms with Gasteiger partial charge in [-0.15, -0.1) is 0 Å². The molecular weight excluding hydrogens is 1470 g/mol. The van der Waals surface area contributed by atoms with Crippen LogP contribution in [0.15, 0.2) is 31.0 Å². The van der Waals surface area contributed by atoms with E-state index < -0.39 is 159 Å². The van der Waals surface area contributed by atoms with Crippen LogP contribution in [0.1, 0.15) is 306 Å². The Balaban J connectivity index is 0.000000249. The molecule has 5 aliphatic rings. The largest absolute Gasteiger partial charge is 0.393 e. The fraction of sp³-hybridized carbons (Fsp3) is 0.688. The number of carbonyl (C=O) groups is 5. The third kappa shape index (κ3) is 31.9. The van der Waals surface area contributed by atoms with Crippen molar-refractivity contribution in [3.05, 3.63) is 58.8 Å². The summed E-state index contributed by atoms with van der Waals surface area (Å²) < 4.78 is 115. The van der Waals surface area contributed by atoms with Crippen LogP contribution in [0, 0.1) is 29.6 Å². The molecule has 35 nitrogen and oxygen atoms in total. The number of hydrogen-bond acceptors (Lipinski definition) is 30. The first-order valence-electron chi connectivity index (χ1n) is 45.6. The van der Waals surface area contributed by atoms with Crippen LogP contribution in [0.5, 0.6) is 0 Å². The fourth-order valence-corrected chi connectivity index (χ4v) is 11.3. The smallest absolute Gasteiger partial charge is 0.254 e. The molecule has 5 heterocycles. The maximum absolute atomic E-state index is 11.7. The molecule has 0 aromatic carbocycles. The van der Waals surface area contributed by atoms with Crippen molar-refractivity contribution in [2.75, 3.05) is 53.2 Å². The average molecular weight is 1620 g/mol. The number of aliphatic hydroxyl groups excluding tert-OH is 4. The van der Waals surface area contributed by atoms with E-state index in [-0.39, 0.29) is 153 Å². The third-order valence-electron chi connectivity index (χ3n) is 17.6. The highest BCUT2D eigenvalue weighted by Gasteiger charge is 2.34. The van der Waals surface area contributed by atoms with Crippen LogP contribution in [0.2, 0.25) is 0 Å². The number of nitrogens with two attached hydrogens (primary N) is 5. The molecule has 20 unspecified atom stereocenters. The summed E-state index contributed by atoms with van der Waals surface area (Å²) in [7, 11) is 0. The number of aromatic nitrogens is 10. The Labute approximate surface area is 697 Å². The van der Waals surface area contributed by atoms with Gasteiger partial charge in [0, 0.05) is 105 Å². The first-order valence-corrected chi connectivity index (χ1v) is 38.2. The van der Waals surface area contributed by atoms with Gasteiger partial charge in [-0.1, -0.05) is 34.6 Å². The van der Waals surface area contributed by atoms with Gasteiger partial charge >= 0.3 is 0 Å². The topological polar surface area (TPSA) is 566 Å². The molecule has 5 aromatic heterocycles. The van der Waals surface area contributed by atoms with Gasteiger partial charge in [0.15, 0.2) is 0 Å². The minimum atomic E-state index is -2.21. The number of rotatable bonds is 20.